The third-order valence-corrected chi connectivity index (χ3v) is 1.53. The Morgan fingerprint density at radius 3 is 2.73 bits per heavy atom. The summed E-state index contributed by atoms with van der Waals surface area (Å²) in [6.45, 7) is 3.56. The van der Waals surface area contributed by atoms with Crippen molar-refractivity contribution in [3.8, 4) is 0 Å². The van der Waals surface area contributed by atoms with Gasteiger partial charge in [0.15, 0.2) is 12.1 Å². The molecule has 0 saturated carbocycles. The second kappa shape index (κ2) is 2.89. The first-order chi connectivity index (χ1) is 5.05. The Hall–Kier alpha value is -0.450. The fraction of sp³-hybridized carbons (Fsp3) is 0.857. The molecule has 0 unspecified atom stereocenters. The maximum atomic E-state index is 10.3. The third-order valence-electron chi connectivity index (χ3n) is 1.53. The van der Waals surface area contributed by atoms with Crippen molar-refractivity contribution in [1.29, 1.82) is 0 Å². The number of carbonyl (C=O) groups excluding carboxylic acids is 1. The van der Waals surface area contributed by atoms with Crippen molar-refractivity contribution < 1.29 is 19.4 Å². The monoisotopic (exact) mass is 160 g/mol. The number of aldehydes is 1. The molecule has 1 aliphatic rings. The molecule has 1 N–H and O–H groups in total. The number of rotatable bonds is 1. The van der Waals surface area contributed by atoms with E-state index in [1.807, 2.05) is 0 Å². The number of hydrogen-bond donors (Lipinski definition) is 1. The first kappa shape index (κ1) is 8.64. The standard InChI is InChI=1S/C7H12O4/c1-7(2)10-4-5(9)6(3-8)11-7/h3,5-6,9H,4H2,1-2H3/t5-,6+/m0/s1. The molecule has 4 nitrogen and oxygen atoms in total. The lowest BCUT2D eigenvalue weighted by atomic mass is 10.2. The van der Waals surface area contributed by atoms with Crippen molar-refractivity contribution in [2.75, 3.05) is 6.61 Å². The zero-order valence-corrected chi connectivity index (χ0v) is 6.61. The maximum Gasteiger partial charge on any atom is 0.163 e. The second-order valence-electron chi connectivity index (χ2n) is 3.00. The minimum Gasteiger partial charge on any atom is -0.388 e. The molecule has 0 aliphatic carbocycles. The number of hydrogen-bond acceptors (Lipinski definition) is 4. The van der Waals surface area contributed by atoms with E-state index in [1.54, 1.807) is 13.8 Å². The van der Waals surface area contributed by atoms with Crippen LogP contribution in [0.3, 0.4) is 0 Å². The Balaban J connectivity index is 2.58. The largest absolute Gasteiger partial charge is 0.388 e. The van der Waals surface area contributed by atoms with Crippen LogP contribution >= 0.6 is 0 Å². The van der Waals surface area contributed by atoms with E-state index in [0.717, 1.165) is 0 Å². The summed E-state index contributed by atoms with van der Waals surface area (Å²) >= 11 is 0. The third kappa shape index (κ3) is 1.99. The van der Waals surface area contributed by atoms with Gasteiger partial charge in [-0.2, -0.15) is 0 Å². The van der Waals surface area contributed by atoms with Gasteiger partial charge in [0.05, 0.1) is 6.61 Å². The molecule has 0 radical (unpaired) electrons. The normalized spacial score (nSPS) is 36.6. The fourth-order valence-corrected chi connectivity index (χ4v) is 0.940. The zero-order chi connectivity index (χ0) is 8.48. The van der Waals surface area contributed by atoms with E-state index >= 15 is 0 Å². The molecule has 1 heterocycles. The summed E-state index contributed by atoms with van der Waals surface area (Å²) in [6.07, 6.45) is -0.992. The Morgan fingerprint density at radius 1 is 1.64 bits per heavy atom. The average Bonchev–Trinajstić information content (AvgIpc) is 1.94. The van der Waals surface area contributed by atoms with Crippen molar-refractivity contribution in [2.24, 2.45) is 0 Å². The fourth-order valence-electron chi connectivity index (χ4n) is 0.940. The summed E-state index contributed by atoms with van der Waals surface area (Å²) in [5.74, 6) is -0.759. The Morgan fingerprint density at radius 2 is 2.27 bits per heavy atom. The number of aliphatic hydroxyl groups excluding tert-OH is 1. The van der Waals surface area contributed by atoms with Gasteiger partial charge < -0.3 is 19.4 Å². The summed E-state index contributed by atoms with van der Waals surface area (Å²) in [5.41, 5.74) is 0. The van der Waals surface area contributed by atoms with Gasteiger partial charge in [0.1, 0.15) is 12.2 Å². The molecule has 0 aromatic carbocycles. The van der Waals surface area contributed by atoms with E-state index in [2.05, 4.69) is 0 Å². The number of aliphatic hydroxyl groups is 1. The lowest BCUT2D eigenvalue weighted by Crippen LogP contribution is -2.49. The molecule has 0 spiro atoms. The molecule has 1 rings (SSSR count). The van der Waals surface area contributed by atoms with Crippen molar-refractivity contribution in [2.45, 2.75) is 31.8 Å². The van der Waals surface area contributed by atoms with Gasteiger partial charge in [0.2, 0.25) is 0 Å². The van der Waals surface area contributed by atoms with Gasteiger partial charge in [-0.05, 0) is 13.8 Å². The van der Waals surface area contributed by atoms with Crippen LogP contribution in [-0.2, 0) is 14.3 Å². The highest BCUT2D eigenvalue weighted by Gasteiger charge is 2.35. The molecule has 2 atom stereocenters. The van der Waals surface area contributed by atoms with Gasteiger partial charge in [-0.15, -0.1) is 0 Å². The van der Waals surface area contributed by atoms with Crippen molar-refractivity contribution in [3.05, 3.63) is 0 Å². The molecule has 0 amide bonds. The topological polar surface area (TPSA) is 55.8 Å². The Bertz CT molecular complexity index is 155. The van der Waals surface area contributed by atoms with E-state index in [1.165, 1.54) is 0 Å². The summed E-state index contributed by atoms with van der Waals surface area (Å²) in [6, 6.07) is 0. The summed E-state index contributed by atoms with van der Waals surface area (Å²) in [5, 5.41) is 9.12. The van der Waals surface area contributed by atoms with Gasteiger partial charge in [0.25, 0.3) is 0 Å². The van der Waals surface area contributed by atoms with E-state index < -0.39 is 18.0 Å². The van der Waals surface area contributed by atoms with Crippen molar-refractivity contribution in [1.82, 2.24) is 0 Å². The second-order valence-corrected chi connectivity index (χ2v) is 3.00. The Labute approximate surface area is 65.1 Å². The summed E-state index contributed by atoms with van der Waals surface area (Å²) in [4.78, 5) is 10.3. The van der Waals surface area contributed by atoms with Gasteiger partial charge >= 0.3 is 0 Å². The summed E-state index contributed by atoms with van der Waals surface area (Å²) < 4.78 is 10.2. The molecule has 0 bridgehead atoms. The SMILES string of the molecule is CC1(C)OC[C@H](O)[C@@H](C=O)O1. The van der Waals surface area contributed by atoms with Crippen molar-refractivity contribution >= 4 is 6.29 Å². The number of carbonyl (C=O) groups is 1. The molecule has 1 fully saturated rings. The van der Waals surface area contributed by atoms with Crippen LogP contribution < -0.4 is 0 Å². The molecular formula is C7H12O4. The molecular weight excluding hydrogens is 148 g/mol. The number of ether oxygens (including phenoxy) is 2. The van der Waals surface area contributed by atoms with Crippen LogP contribution in [0, 0.1) is 0 Å². The highest BCUT2D eigenvalue weighted by atomic mass is 16.7. The van der Waals surface area contributed by atoms with E-state index in [0.29, 0.717) is 6.29 Å². The molecule has 11 heavy (non-hydrogen) atoms. The minimum absolute atomic E-state index is 0.149. The highest BCUT2D eigenvalue weighted by Crippen LogP contribution is 2.20. The van der Waals surface area contributed by atoms with E-state index in [9.17, 15) is 4.79 Å². The maximum absolute atomic E-state index is 10.3. The molecule has 0 aromatic rings. The quantitative estimate of drug-likeness (QED) is 0.535. The zero-order valence-electron chi connectivity index (χ0n) is 6.61. The highest BCUT2D eigenvalue weighted by molar-refractivity contribution is 5.57. The van der Waals surface area contributed by atoms with Crippen LogP contribution in [-0.4, -0.2) is 36.0 Å². The predicted molar refractivity (Wildman–Crippen MR) is 37.0 cm³/mol. The van der Waals surface area contributed by atoms with Crippen LogP contribution in [0.15, 0.2) is 0 Å². The van der Waals surface area contributed by atoms with E-state index in [-0.39, 0.29) is 6.61 Å². The van der Waals surface area contributed by atoms with Crippen LogP contribution in [0.5, 0.6) is 0 Å². The van der Waals surface area contributed by atoms with Crippen LogP contribution in [0.25, 0.3) is 0 Å². The first-order valence-corrected chi connectivity index (χ1v) is 3.50. The smallest absolute Gasteiger partial charge is 0.163 e. The average molecular weight is 160 g/mol. The molecule has 64 valence electrons. The lowest BCUT2D eigenvalue weighted by molar-refractivity contribution is -0.293. The van der Waals surface area contributed by atoms with Crippen LogP contribution in [0.4, 0.5) is 0 Å². The molecule has 4 heteroatoms. The van der Waals surface area contributed by atoms with Crippen molar-refractivity contribution in [3.63, 3.8) is 0 Å². The first-order valence-electron chi connectivity index (χ1n) is 3.50. The minimum atomic E-state index is -0.833. The molecule has 1 saturated heterocycles. The van der Waals surface area contributed by atoms with Gasteiger partial charge in [0, 0.05) is 0 Å². The van der Waals surface area contributed by atoms with E-state index in [4.69, 9.17) is 14.6 Å². The molecule has 1 aliphatic heterocycles. The van der Waals surface area contributed by atoms with Gasteiger partial charge in [-0.3, -0.25) is 0 Å². The van der Waals surface area contributed by atoms with Gasteiger partial charge in [-0.1, -0.05) is 0 Å². The van der Waals surface area contributed by atoms with Crippen LogP contribution in [0.1, 0.15) is 13.8 Å². The summed E-state index contributed by atoms with van der Waals surface area (Å²) in [7, 11) is 0. The lowest BCUT2D eigenvalue weighted by Gasteiger charge is -2.36. The predicted octanol–water partition coefficient (Wildman–Crippen LogP) is -0.302. The van der Waals surface area contributed by atoms with Crippen LogP contribution in [0.2, 0.25) is 0 Å². The Kier molecular flexibility index (Phi) is 2.27. The van der Waals surface area contributed by atoms with Gasteiger partial charge in [-0.25, -0.2) is 0 Å². The molecule has 0 aromatic heterocycles.